The van der Waals surface area contributed by atoms with E-state index in [2.05, 4.69) is 21.2 Å². The van der Waals surface area contributed by atoms with E-state index in [0.29, 0.717) is 4.47 Å². The highest BCUT2D eigenvalue weighted by atomic mass is 79.9. The Morgan fingerprint density at radius 1 is 1.44 bits per heavy atom. The van der Waals surface area contributed by atoms with Gasteiger partial charge in [0.1, 0.15) is 17.1 Å². The maximum Gasteiger partial charge on any atom is 0.339 e. The molecule has 2 aromatic rings. The van der Waals surface area contributed by atoms with Crippen LogP contribution in [-0.4, -0.2) is 11.1 Å². The quantitative estimate of drug-likeness (QED) is 0.907. The number of hydrogen-bond acceptors (Lipinski definition) is 3. The first kappa shape index (κ1) is 12.6. The zero-order valence-electron chi connectivity index (χ0n) is 9.11. The molecule has 2 rings (SSSR count). The average molecular weight is 314 g/mol. The fourth-order valence-corrected chi connectivity index (χ4v) is 1.99. The molecule has 0 saturated heterocycles. The number of para-hydroxylation sites is 1. The highest BCUT2D eigenvalue weighted by molar-refractivity contribution is 9.10. The standard InChI is InChI=1S/C12H9BrFNO3/c13-8-2-1-3-9(14)11(8)15-6-10-7(12(16)17)4-5-18-10/h1-5,15H,6H2,(H,16,17). The molecular formula is C12H9BrFNO3. The van der Waals surface area contributed by atoms with Crippen LogP contribution in [0.4, 0.5) is 10.1 Å². The van der Waals surface area contributed by atoms with E-state index in [0.717, 1.165) is 0 Å². The Morgan fingerprint density at radius 3 is 2.89 bits per heavy atom. The fourth-order valence-electron chi connectivity index (χ4n) is 1.50. The minimum absolute atomic E-state index is 0.0648. The van der Waals surface area contributed by atoms with Gasteiger partial charge in [-0.2, -0.15) is 0 Å². The Kier molecular flexibility index (Phi) is 3.66. The van der Waals surface area contributed by atoms with Crippen LogP contribution in [0.2, 0.25) is 0 Å². The molecule has 0 aliphatic heterocycles. The average Bonchev–Trinajstić information content (AvgIpc) is 2.76. The maximum atomic E-state index is 13.5. The molecule has 0 unspecified atom stereocenters. The Morgan fingerprint density at radius 2 is 2.22 bits per heavy atom. The first-order chi connectivity index (χ1) is 8.59. The van der Waals surface area contributed by atoms with Gasteiger partial charge in [-0.25, -0.2) is 9.18 Å². The zero-order valence-corrected chi connectivity index (χ0v) is 10.7. The summed E-state index contributed by atoms with van der Waals surface area (Å²) in [7, 11) is 0. The van der Waals surface area contributed by atoms with Gasteiger partial charge in [0.15, 0.2) is 0 Å². The van der Waals surface area contributed by atoms with Crippen molar-refractivity contribution in [3.63, 3.8) is 0 Å². The molecule has 2 N–H and O–H groups in total. The van der Waals surface area contributed by atoms with Crippen LogP contribution in [-0.2, 0) is 6.54 Å². The fraction of sp³-hybridized carbons (Fsp3) is 0.0833. The van der Waals surface area contributed by atoms with Crippen LogP contribution in [0.15, 0.2) is 39.4 Å². The van der Waals surface area contributed by atoms with Gasteiger partial charge in [-0.3, -0.25) is 0 Å². The third-order valence-corrected chi connectivity index (χ3v) is 3.03. The highest BCUT2D eigenvalue weighted by Gasteiger charge is 2.14. The molecule has 0 atom stereocenters. The number of anilines is 1. The van der Waals surface area contributed by atoms with E-state index in [1.807, 2.05) is 0 Å². The van der Waals surface area contributed by atoms with E-state index in [1.54, 1.807) is 12.1 Å². The van der Waals surface area contributed by atoms with E-state index < -0.39 is 11.8 Å². The van der Waals surface area contributed by atoms with Gasteiger partial charge in [-0.1, -0.05) is 6.07 Å². The van der Waals surface area contributed by atoms with E-state index in [9.17, 15) is 9.18 Å². The minimum atomic E-state index is -1.08. The molecule has 0 spiro atoms. The third kappa shape index (κ3) is 2.53. The van der Waals surface area contributed by atoms with Crippen LogP contribution in [0.1, 0.15) is 16.1 Å². The number of rotatable bonds is 4. The summed E-state index contributed by atoms with van der Waals surface area (Å²) in [4.78, 5) is 10.9. The maximum absolute atomic E-state index is 13.5. The molecule has 0 radical (unpaired) electrons. The Labute approximate surface area is 111 Å². The second-order valence-electron chi connectivity index (χ2n) is 3.51. The van der Waals surface area contributed by atoms with Crippen molar-refractivity contribution in [2.45, 2.75) is 6.54 Å². The Bertz CT molecular complexity index is 562. The largest absolute Gasteiger partial charge is 0.478 e. The normalized spacial score (nSPS) is 10.3. The van der Waals surface area contributed by atoms with Gasteiger partial charge in [-0.15, -0.1) is 0 Å². The number of nitrogens with one attached hydrogen (secondary N) is 1. The summed E-state index contributed by atoms with van der Waals surface area (Å²) in [6.07, 6.45) is 1.29. The van der Waals surface area contributed by atoms with Gasteiger partial charge in [-0.05, 0) is 34.1 Å². The predicted molar refractivity (Wildman–Crippen MR) is 67.1 cm³/mol. The molecule has 4 nitrogen and oxygen atoms in total. The number of aromatic carboxylic acids is 1. The summed E-state index contributed by atoms with van der Waals surface area (Å²) < 4.78 is 19.1. The number of hydrogen-bond donors (Lipinski definition) is 2. The summed E-state index contributed by atoms with van der Waals surface area (Å²) in [5.74, 6) is -1.25. The molecular weight excluding hydrogens is 305 g/mol. The second-order valence-corrected chi connectivity index (χ2v) is 4.37. The molecule has 18 heavy (non-hydrogen) atoms. The van der Waals surface area contributed by atoms with Crippen molar-refractivity contribution in [3.8, 4) is 0 Å². The molecule has 94 valence electrons. The van der Waals surface area contributed by atoms with Gasteiger partial charge in [0, 0.05) is 4.47 Å². The van der Waals surface area contributed by atoms with Crippen molar-refractivity contribution in [3.05, 3.63) is 52.1 Å². The van der Waals surface area contributed by atoms with Crippen LogP contribution in [0, 0.1) is 5.82 Å². The summed E-state index contributed by atoms with van der Waals surface area (Å²) >= 11 is 3.21. The van der Waals surface area contributed by atoms with Crippen molar-refractivity contribution >= 4 is 27.6 Å². The lowest BCUT2D eigenvalue weighted by molar-refractivity contribution is 0.0694. The molecule has 1 aromatic carbocycles. The van der Waals surface area contributed by atoms with Crippen molar-refractivity contribution < 1.29 is 18.7 Å². The van der Waals surface area contributed by atoms with Gasteiger partial charge in [0.25, 0.3) is 0 Å². The molecule has 0 saturated carbocycles. The van der Waals surface area contributed by atoms with E-state index in [4.69, 9.17) is 9.52 Å². The van der Waals surface area contributed by atoms with Crippen molar-refractivity contribution in [2.75, 3.05) is 5.32 Å². The molecule has 1 aromatic heterocycles. The van der Waals surface area contributed by atoms with Crippen molar-refractivity contribution in [1.82, 2.24) is 0 Å². The first-order valence-corrected chi connectivity index (χ1v) is 5.86. The van der Waals surface area contributed by atoms with Crippen LogP contribution in [0.3, 0.4) is 0 Å². The van der Waals surface area contributed by atoms with E-state index in [1.165, 1.54) is 18.4 Å². The Balaban J connectivity index is 2.17. The third-order valence-electron chi connectivity index (χ3n) is 2.36. The second kappa shape index (κ2) is 5.22. The lowest BCUT2D eigenvalue weighted by atomic mass is 10.2. The van der Waals surface area contributed by atoms with Crippen LogP contribution in [0.25, 0.3) is 0 Å². The van der Waals surface area contributed by atoms with Crippen LogP contribution in [0.5, 0.6) is 0 Å². The molecule has 0 aliphatic carbocycles. The SMILES string of the molecule is O=C(O)c1ccoc1CNc1c(F)cccc1Br. The Hall–Kier alpha value is -1.82. The molecule has 0 bridgehead atoms. The minimum Gasteiger partial charge on any atom is -0.478 e. The highest BCUT2D eigenvalue weighted by Crippen LogP contribution is 2.26. The summed E-state index contributed by atoms with van der Waals surface area (Å²) in [5, 5.41) is 11.7. The van der Waals surface area contributed by atoms with Crippen LogP contribution < -0.4 is 5.32 Å². The van der Waals surface area contributed by atoms with Crippen molar-refractivity contribution in [2.24, 2.45) is 0 Å². The monoisotopic (exact) mass is 313 g/mol. The van der Waals surface area contributed by atoms with Gasteiger partial charge in [0.05, 0.1) is 18.5 Å². The molecule has 0 aliphatic rings. The van der Waals surface area contributed by atoms with E-state index >= 15 is 0 Å². The summed E-state index contributed by atoms with van der Waals surface area (Å²) in [6, 6.07) is 5.93. The van der Waals surface area contributed by atoms with Crippen LogP contribution >= 0.6 is 15.9 Å². The number of carboxylic acid groups (broad SMARTS) is 1. The molecule has 0 fully saturated rings. The number of halogens is 2. The van der Waals surface area contributed by atoms with Gasteiger partial charge in [0.2, 0.25) is 0 Å². The van der Waals surface area contributed by atoms with E-state index in [-0.39, 0.29) is 23.6 Å². The topological polar surface area (TPSA) is 62.5 Å². The lowest BCUT2D eigenvalue weighted by Gasteiger charge is -2.08. The smallest absolute Gasteiger partial charge is 0.339 e. The first-order valence-electron chi connectivity index (χ1n) is 5.07. The molecule has 6 heteroatoms. The number of carbonyl (C=O) groups is 1. The number of carboxylic acids is 1. The molecule has 0 amide bonds. The van der Waals surface area contributed by atoms with Gasteiger partial charge < -0.3 is 14.8 Å². The lowest BCUT2D eigenvalue weighted by Crippen LogP contribution is -2.06. The summed E-state index contributed by atoms with van der Waals surface area (Å²) in [5.41, 5.74) is 0.334. The summed E-state index contributed by atoms with van der Waals surface area (Å²) in [6.45, 7) is 0.0914. The van der Waals surface area contributed by atoms with Crippen molar-refractivity contribution in [1.29, 1.82) is 0 Å². The van der Waals surface area contributed by atoms with Gasteiger partial charge >= 0.3 is 5.97 Å². The molecule has 1 heterocycles. The predicted octanol–water partition coefficient (Wildman–Crippen LogP) is 3.49. The number of benzene rings is 1. The number of furan rings is 1. The zero-order chi connectivity index (χ0) is 13.1.